The van der Waals surface area contributed by atoms with Gasteiger partial charge in [-0.1, -0.05) is 38.1 Å². The van der Waals surface area contributed by atoms with E-state index in [0.29, 0.717) is 11.8 Å². The highest BCUT2D eigenvalue weighted by Crippen LogP contribution is 2.19. The Bertz CT molecular complexity index is 705. The van der Waals surface area contributed by atoms with Crippen molar-refractivity contribution in [1.29, 1.82) is 0 Å². The Kier molecular flexibility index (Phi) is 6.20. The number of nitrogens with one attached hydrogen (secondary N) is 1. The minimum Gasteiger partial charge on any atom is -0.475 e. The molecule has 25 heavy (non-hydrogen) atoms. The standard InChI is InChI=1S/C19H27N3O3/c1-12(2)14-6-8-15(9-7-14)17(23)11-20-19(24)16-10-18(22(5)21-16)25-13(3)4/h6-10,12-13,17,23H,11H2,1-5H3,(H,20,24). The van der Waals surface area contributed by atoms with Crippen LogP contribution in [0.3, 0.4) is 0 Å². The molecule has 1 unspecified atom stereocenters. The lowest BCUT2D eigenvalue weighted by atomic mass is 10.00. The van der Waals surface area contributed by atoms with Crippen LogP contribution in [0.5, 0.6) is 5.88 Å². The van der Waals surface area contributed by atoms with Crippen LogP contribution in [0.2, 0.25) is 0 Å². The first-order valence-corrected chi connectivity index (χ1v) is 8.54. The predicted molar refractivity (Wildman–Crippen MR) is 96.8 cm³/mol. The second-order valence-corrected chi connectivity index (χ2v) is 6.71. The maximum Gasteiger partial charge on any atom is 0.272 e. The van der Waals surface area contributed by atoms with Gasteiger partial charge >= 0.3 is 0 Å². The summed E-state index contributed by atoms with van der Waals surface area (Å²) < 4.78 is 7.10. The smallest absolute Gasteiger partial charge is 0.272 e. The SMILES string of the molecule is CC(C)Oc1cc(C(=O)NCC(O)c2ccc(C(C)C)cc2)nn1C. The molecule has 0 aliphatic rings. The molecule has 0 saturated carbocycles. The van der Waals surface area contributed by atoms with Gasteiger partial charge < -0.3 is 15.2 Å². The average molecular weight is 345 g/mol. The summed E-state index contributed by atoms with van der Waals surface area (Å²) in [6, 6.07) is 9.38. The first-order chi connectivity index (χ1) is 11.8. The van der Waals surface area contributed by atoms with Gasteiger partial charge in [-0.05, 0) is 30.9 Å². The molecule has 6 heteroatoms. The average Bonchev–Trinajstić information content (AvgIpc) is 2.92. The van der Waals surface area contributed by atoms with Crippen molar-refractivity contribution < 1.29 is 14.6 Å². The van der Waals surface area contributed by atoms with Gasteiger partial charge in [0.05, 0.1) is 12.2 Å². The Balaban J connectivity index is 1.95. The van der Waals surface area contributed by atoms with Gasteiger partial charge in [0, 0.05) is 19.7 Å². The van der Waals surface area contributed by atoms with E-state index < -0.39 is 6.10 Å². The molecule has 1 heterocycles. The van der Waals surface area contributed by atoms with Crippen LogP contribution in [0.25, 0.3) is 0 Å². The van der Waals surface area contributed by atoms with Crippen LogP contribution in [-0.2, 0) is 7.05 Å². The van der Waals surface area contributed by atoms with E-state index in [1.165, 1.54) is 10.2 Å². The summed E-state index contributed by atoms with van der Waals surface area (Å²) in [4.78, 5) is 12.2. The molecule has 2 rings (SSSR count). The molecule has 136 valence electrons. The maximum atomic E-state index is 12.2. The van der Waals surface area contributed by atoms with E-state index in [1.54, 1.807) is 13.1 Å². The number of aromatic nitrogens is 2. The van der Waals surface area contributed by atoms with E-state index >= 15 is 0 Å². The maximum absolute atomic E-state index is 12.2. The molecule has 0 aliphatic carbocycles. The second-order valence-electron chi connectivity index (χ2n) is 6.71. The van der Waals surface area contributed by atoms with Gasteiger partial charge in [0.15, 0.2) is 5.69 Å². The number of aryl methyl sites for hydroxylation is 1. The summed E-state index contributed by atoms with van der Waals surface area (Å²) in [6.07, 6.45) is -0.762. The Morgan fingerprint density at radius 3 is 2.36 bits per heavy atom. The van der Waals surface area contributed by atoms with Crippen LogP contribution in [0.15, 0.2) is 30.3 Å². The van der Waals surface area contributed by atoms with Crippen molar-refractivity contribution in [2.45, 2.75) is 45.8 Å². The fraction of sp³-hybridized carbons (Fsp3) is 0.474. The van der Waals surface area contributed by atoms with Gasteiger partial charge in [-0.2, -0.15) is 5.10 Å². The Labute approximate surface area is 148 Å². The minimum atomic E-state index is -0.764. The number of ether oxygens (including phenoxy) is 1. The molecule has 0 fully saturated rings. The first kappa shape index (κ1) is 19.0. The number of hydrogen-bond acceptors (Lipinski definition) is 4. The summed E-state index contributed by atoms with van der Waals surface area (Å²) in [5.74, 6) is 0.634. The van der Waals surface area contributed by atoms with Gasteiger partial charge in [0.25, 0.3) is 5.91 Å². The number of carbonyl (C=O) groups excluding carboxylic acids is 1. The van der Waals surface area contributed by atoms with Crippen LogP contribution < -0.4 is 10.1 Å². The predicted octanol–water partition coefficient (Wildman–Crippen LogP) is 2.79. The van der Waals surface area contributed by atoms with Gasteiger partial charge in [0.2, 0.25) is 5.88 Å². The van der Waals surface area contributed by atoms with Crippen LogP contribution in [0.1, 0.15) is 61.3 Å². The number of rotatable bonds is 7. The molecule has 2 N–H and O–H groups in total. The molecule has 1 aromatic heterocycles. The lowest BCUT2D eigenvalue weighted by Crippen LogP contribution is -2.28. The molecule has 6 nitrogen and oxygen atoms in total. The van der Waals surface area contributed by atoms with Gasteiger partial charge in [-0.15, -0.1) is 0 Å². The number of carbonyl (C=O) groups is 1. The third-order valence-electron chi connectivity index (χ3n) is 3.87. The number of hydrogen-bond donors (Lipinski definition) is 2. The van der Waals surface area contributed by atoms with Crippen LogP contribution in [-0.4, -0.2) is 33.4 Å². The number of nitrogens with zero attached hydrogens (tertiary/aromatic N) is 2. The summed E-state index contributed by atoms with van der Waals surface area (Å²) in [5.41, 5.74) is 2.25. The highest BCUT2D eigenvalue weighted by Gasteiger charge is 2.16. The van der Waals surface area contributed by atoms with Gasteiger partial charge in [-0.25, -0.2) is 4.68 Å². The number of aliphatic hydroxyl groups excluding tert-OH is 1. The fourth-order valence-electron chi connectivity index (χ4n) is 2.41. The quantitative estimate of drug-likeness (QED) is 0.809. The summed E-state index contributed by atoms with van der Waals surface area (Å²) in [6.45, 7) is 8.18. The first-order valence-electron chi connectivity index (χ1n) is 8.54. The zero-order valence-corrected chi connectivity index (χ0v) is 15.5. The zero-order chi connectivity index (χ0) is 18.6. The molecule has 0 bridgehead atoms. The van der Waals surface area contributed by atoms with Crippen molar-refractivity contribution in [3.63, 3.8) is 0 Å². The van der Waals surface area contributed by atoms with E-state index in [1.807, 2.05) is 38.1 Å². The van der Waals surface area contributed by atoms with E-state index in [-0.39, 0.29) is 24.2 Å². The van der Waals surface area contributed by atoms with Crippen LogP contribution in [0.4, 0.5) is 0 Å². The van der Waals surface area contributed by atoms with Crippen molar-refractivity contribution in [3.05, 3.63) is 47.2 Å². The fourth-order valence-corrected chi connectivity index (χ4v) is 2.41. The summed E-state index contributed by atoms with van der Waals surface area (Å²) in [5, 5.41) is 17.1. The molecule has 0 spiro atoms. The number of benzene rings is 1. The Hall–Kier alpha value is -2.34. The second kappa shape index (κ2) is 8.16. The molecule has 0 radical (unpaired) electrons. The van der Waals surface area contributed by atoms with Crippen molar-refractivity contribution >= 4 is 5.91 Å². The molecule has 1 amide bonds. The van der Waals surface area contributed by atoms with Crippen molar-refractivity contribution in [1.82, 2.24) is 15.1 Å². The summed E-state index contributed by atoms with van der Waals surface area (Å²) >= 11 is 0. The van der Waals surface area contributed by atoms with E-state index in [9.17, 15) is 9.90 Å². The number of aliphatic hydroxyl groups is 1. The van der Waals surface area contributed by atoms with Crippen LogP contribution in [0, 0.1) is 0 Å². The molecule has 0 saturated heterocycles. The molecular formula is C19H27N3O3. The molecule has 1 atom stereocenters. The van der Waals surface area contributed by atoms with Crippen LogP contribution >= 0.6 is 0 Å². The van der Waals surface area contributed by atoms with Gasteiger partial charge in [0.1, 0.15) is 0 Å². The van der Waals surface area contributed by atoms with Gasteiger partial charge in [-0.3, -0.25) is 4.79 Å². The molecule has 0 aliphatic heterocycles. The van der Waals surface area contributed by atoms with E-state index in [2.05, 4.69) is 24.3 Å². The highest BCUT2D eigenvalue weighted by molar-refractivity contribution is 5.92. The van der Waals surface area contributed by atoms with Crippen molar-refractivity contribution in [2.75, 3.05) is 6.54 Å². The minimum absolute atomic E-state index is 0.00180. The molecule has 1 aromatic carbocycles. The molecule has 2 aromatic rings. The topological polar surface area (TPSA) is 76.4 Å². The largest absolute Gasteiger partial charge is 0.475 e. The Morgan fingerprint density at radius 1 is 1.20 bits per heavy atom. The van der Waals surface area contributed by atoms with Crippen molar-refractivity contribution in [2.24, 2.45) is 7.05 Å². The number of amides is 1. The lowest BCUT2D eigenvalue weighted by Gasteiger charge is -2.13. The lowest BCUT2D eigenvalue weighted by molar-refractivity contribution is 0.0910. The highest BCUT2D eigenvalue weighted by atomic mass is 16.5. The van der Waals surface area contributed by atoms with Crippen molar-refractivity contribution in [3.8, 4) is 5.88 Å². The normalized spacial score (nSPS) is 12.5. The third kappa shape index (κ3) is 5.06. The van der Waals surface area contributed by atoms with E-state index in [4.69, 9.17) is 4.74 Å². The van der Waals surface area contributed by atoms with E-state index in [0.717, 1.165) is 5.56 Å². The zero-order valence-electron chi connectivity index (χ0n) is 15.5. The summed E-state index contributed by atoms with van der Waals surface area (Å²) in [7, 11) is 1.72. The molecular weight excluding hydrogens is 318 g/mol. The monoisotopic (exact) mass is 345 g/mol. The Morgan fingerprint density at radius 2 is 1.80 bits per heavy atom. The third-order valence-corrected chi connectivity index (χ3v) is 3.87.